The average Bonchev–Trinajstić information content (AvgIpc) is 3.72. The predicted molar refractivity (Wildman–Crippen MR) is 225 cm³/mol. The molecule has 0 aliphatic heterocycles. The molecule has 10 rings (SSSR count). The molecular formula is C51H40N2. The largest absolute Gasteiger partial charge is 0.309 e. The SMILES string of the molecule is CC1(C)CCc2ccc3c4c5ccccc5c(N(c5ccc(-c6ccccc6)cc5)c5ccccc5-c5ccccc5)cc4n(-c4ccccc4)c3c21. The molecule has 0 amide bonds. The van der Waals surface area contributed by atoms with Gasteiger partial charge in [-0.1, -0.05) is 159 Å². The first kappa shape index (κ1) is 31.4. The van der Waals surface area contributed by atoms with Gasteiger partial charge in [0.1, 0.15) is 0 Å². The van der Waals surface area contributed by atoms with Gasteiger partial charge in [0, 0.05) is 33.1 Å². The maximum absolute atomic E-state index is 2.56. The molecular weight excluding hydrogens is 641 g/mol. The number of anilines is 3. The van der Waals surface area contributed by atoms with Crippen LogP contribution in [0.4, 0.5) is 17.1 Å². The molecule has 8 aromatic carbocycles. The van der Waals surface area contributed by atoms with Crippen LogP contribution >= 0.6 is 0 Å². The van der Waals surface area contributed by atoms with Crippen LogP contribution in [-0.4, -0.2) is 4.57 Å². The minimum Gasteiger partial charge on any atom is -0.309 e. The standard InChI is InChI=1S/C51H40N2/c1-51(2)33-32-38-28-31-44-48-43-24-13-12-23-42(43)46(34-47(48)53(50(44)49(38)51)39-20-10-5-11-21-39)52(40-29-26-36(27-30-40)35-16-6-3-7-17-35)45-25-15-14-22-41(45)37-18-8-4-9-19-37/h3-31,34H,32-33H2,1-2H3. The highest BCUT2D eigenvalue weighted by molar-refractivity contribution is 6.25. The van der Waals surface area contributed by atoms with E-state index in [1.165, 1.54) is 71.6 Å². The quantitative estimate of drug-likeness (QED) is 0.170. The van der Waals surface area contributed by atoms with Crippen LogP contribution in [0.2, 0.25) is 0 Å². The van der Waals surface area contributed by atoms with Crippen LogP contribution < -0.4 is 4.90 Å². The summed E-state index contributed by atoms with van der Waals surface area (Å²) in [6, 6.07) is 66.6. The van der Waals surface area contributed by atoms with Gasteiger partial charge in [0.2, 0.25) is 0 Å². The summed E-state index contributed by atoms with van der Waals surface area (Å²) >= 11 is 0. The van der Waals surface area contributed by atoms with Crippen molar-refractivity contribution >= 4 is 49.6 Å². The summed E-state index contributed by atoms with van der Waals surface area (Å²) in [6.45, 7) is 4.85. The van der Waals surface area contributed by atoms with E-state index in [4.69, 9.17) is 0 Å². The molecule has 0 spiro atoms. The van der Waals surface area contributed by atoms with Crippen molar-refractivity contribution in [2.24, 2.45) is 0 Å². The highest BCUT2D eigenvalue weighted by Crippen LogP contribution is 2.50. The van der Waals surface area contributed by atoms with E-state index in [1.54, 1.807) is 0 Å². The zero-order valence-corrected chi connectivity index (χ0v) is 30.1. The van der Waals surface area contributed by atoms with Crippen LogP contribution in [0.15, 0.2) is 182 Å². The van der Waals surface area contributed by atoms with Crippen molar-refractivity contribution in [3.63, 3.8) is 0 Å². The van der Waals surface area contributed by atoms with Crippen molar-refractivity contribution in [3.8, 4) is 27.9 Å². The van der Waals surface area contributed by atoms with Crippen molar-refractivity contribution in [1.82, 2.24) is 4.57 Å². The van der Waals surface area contributed by atoms with E-state index in [0.717, 1.165) is 29.9 Å². The fraction of sp³-hybridized carbons (Fsp3) is 0.0980. The second-order valence-electron chi connectivity index (χ2n) is 15.0. The van der Waals surface area contributed by atoms with E-state index in [-0.39, 0.29) is 5.41 Å². The summed E-state index contributed by atoms with van der Waals surface area (Å²) < 4.78 is 2.56. The molecule has 2 nitrogen and oxygen atoms in total. The molecule has 0 fully saturated rings. The zero-order valence-electron chi connectivity index (χ0n) is 30.1. The normalized spacial score (nSPS) is 13.5. The lowest BCUT2D eigenvalue weighted by Crippen LogP contribution is -2.14. The Balaban J connectivity index is 1.33. The Morgan fingerprint density at radius 1 is 0.509 bits per heavy atom. The molecule has 0 saturated carbocycles. The van der Waals surface area contributed by atoms with E-state index in [9.17, 15) is 0 Å². The molecule has 254 valence electrons. The van der Waals surface area contributed by atoms with E-state index >= 15 is 0 Å². The van der Waals surface area contributed by atoms with Gasteiger partial charge in [-0.3, -0.25) is 0 Å². The van der Waals surface area contributed by atoms with Gasteiger partial charge in [-0.05, 0) is 87.9 Å². The van der Waals surface area contributed by atoms with Gasteiger partial charge in [0.25, 0.3) is 0 Å². The Kier molecular flexibility index (Phi) is 7.33. The number of rotatable bonds is 6. The number of fused-ring (bicyclic) bond motifs is 7. The van der Waals surface area contributed by atoms with Gasteiger partial charge in [0.05, 0.1) is 22.4 Å². The number of aromatic nitrogens is 1. The summed E-state index contributed by atoms with van der Waals surface area (Å²) in [5.74, 6) is 0. The fourth-order valence-electron chi connectivity index (χ4n) is 8.93. The van der Waals surface area contributed by atoms with Crippen molar-refractivity contribution < 1.29 is 0 Å². The Morgan fingerprint density at radius 3 is 1.85 bits per heavy atom. The lowest BCUT2D eigenvalue weighted by Gasteiger charge is -2.29. The monoisotopic (exact) mass is 680 g/mol. The number of hydrogen-bond donors (Lipinski definition) is 0. The molecule has 0 N–H and O–H groups in total. The first-order chi connectivity index (χ1) is 26.1. The van der Waals surface area contributed by atoms with Gasteiger partial charge < -0.3 is 9.47 Å². The van der Waals surface area contributed by atoms with E-state index in [0.29, 0.717) is 0 Å². The first-order valence-electron chi connectivity index (χ1n) is 18.7. The van der Waals surface area contributed by atoms with Crippen molar-refractivity contribution in [1.29, 1.82) is 0 Å². The molecule has 0 unspecified atom stereocenters. The van der Waals surface area contributed by atoms with Gasteiger partial charge in [-0.15, -0.1) is 0 Å². The van der Waals surface area contributed by atoms with Crippen molar-refractivity contribution in [2.75, 3.05) is 4.90 Å². The Bertz CT molecular complexity index is 2780. The second-order valence-corrected chi connectivity index (χ2v) is 15.0. The Hall–Kier alpha value is -6.38. The van der Waals surface area contributed by atoms with E-state index < -0.39 is 0 Å². The van der Waals surface area contributed by atoms with Crippen molar-refractivity contribution in [3.05, 3.63) is 193 Å². The molecule has 2 heteroatoms. The molecule has 0 bridgehead atoms. The highest BCUT2D eigenvalue weighted by atomic mass is 15.1. The van der Waals surface area contributed by atoms with Gasteiger partial charge >= 0.3 is 0 Å². The van der Waals surface area contributed by atoms with E-state index in [1.807, 2.05) is 0 Å². The third-order valence-corrected chi connectivity index (χ3v) is 11.4. The summed E-state index contributed by atoms with van der Waals surface area (Å²) in [7, 11) is 0. The summed E-state index contributed by atoms with van der Waals surface area (Å²) in [4.78, 5) is 2.49. The smallest absolute Gasteiger partial charge is 0.0581 e. The van der Waals surface area contributed by atoms with Gasteiger partial charge in [-0.2, -0.15) is 0 Å². The molecule has 1 aromatic heterocycles. The molecule has 9 aromatic rings. The van der Waals surface area contributed by atoms with Crippen LogP contribution in [0, 0.1) is 0 Å². The van der Waals surface area contributed by atoms with Crippen LogP contribution in [0.5, 0.6) is 0 Å². The molecule has 0 radical (unpaired) electrons. The number of hydrogen-bond acceptors (Lipinski definition) is 1. The summed E-state index contributed by atoms with van der Waals surface area (Å²) in [5, 5.41) is 5.12. The minimum absolute atomic E-state index is 0.0789. The van der Waals surface area contributed by atoms with Crippen LogP contribution in [0.25, 0.3) is 60.5 Å². The number of nitrogens with zero attached hydrogens (tertiary/aromatic N) is 2. The maximum atomic E-state index is 2.56. The Labute approximate surface area is 311 Å². The third kappa shape index (κ3) is 5.09. The van der Waals surface area contributed by atoms with Crippen LogP contribution in [0.3, 0.4) is 0 Å². The average molecular weight is 681 g/mol. The highest BCUT2D eigenvalue weighted by Gasteiger charge is 2.34. The number of benzene rings is 8. The molecule has 1 heterocycles. The van der Waals surface area contributed by atoms with Crippen LogP contribution in [-0.2, 0) is 11.8 Å². The molecule has 1 aliphatic rings. The third-order valence-electron chi connectivity index (χ3n) is 11.4. The van der Waals surface area contributed by atoms with Crippen molar-refractivity contribution in [2.45, 2.75) is 32.1 Å². The lowest BCUT2D eigenvalue weighted by atomic mass is 9.85. The van der Waals surface area contributed by atoms with Crippen LogP contribution in [0.1, 0.15) is 31.4 Å². The second kappa shape index (κ2) is 12.4. The molecule has 0 atom stereocenters. The number of aryl methyl sites for hydroxylation is 1. The topological polar surface area (TPSA) is 8.17 Å². The van der Waals surface area contributed by atoms with Gasteiger partial charge in [0.15, 0.2) is 0 Å². The summed E-state index contributed by atoms with van der Waals surface area (Å²) in [5.41, 5.74) is 15.0. The molecule has 1 aliphatic carbocycles. The zero-order chi connectivity index (χ0) is 35.5. The first-order valence-corrected chi connectivity index (χ1v) is 18.7. The number of para-hydroxylation sites is 2. The fourth-order valence-corrected chi connectivity index (χ4v) is 8.93. The molecule has 53 heavy (non-hydrogen) atoms. The minimum atomic E-state index is 0.0789. The summed E-state index contributed by atoms with van der Waals surface area (Å²) in [6.07, 6.45) is 2.27. The molecule has 0 saturated heterocycles. The predicted octanol–water partition coefficient (Wildman–Crippen LogP) is 14.0. The van der Waals surface area contributed by atoms with Gasteiger partial charge in [-0.25, -0.2) is 0 Å². The maximum Gasteiger partial charge on any atom is 0.0581 e. The Morgan fingerprint density at radius 2 is 1.11 bits per heavy atom. The van der Waals surface area contributed by atoms with E-state index in [2.05, 4.69) is 205 Å². The lowest BCUT2D eigenvalue weighted by molar-refractivity contribution is 0.524.